The Morgan fingerprint density at radius 1 is 1.38 bits per heavy atom. The van der Waals surface area contributed by atoms with E-state index in [1.165, 1.54) is 6.08 Å². The van der Waals surface area contributed by atoms with Crippen molar-refractivity contribution in [3.05, 3.63) is 11.5 Å². The second kappa shape index (κ2) is 3.71. The van der Waals surface area contributed by atoms with Crippen LogP contribution >= 0.6 is 0 Å². The first-order valence-corrected chi connectivity index (χ1v) is 4.03. The largest absolute Gasteiger partial charge is 0.483 e. The molecule has 0 saturated carbocycles. The summed E-state index contributed by atoms with van der Waals surface area (Å²) in [7, 11) is -1.60. The summed E-state index contributed by atoms with van der Waals surface area (Å²) in [6.07, 6.45) is -2.97. The maximum atomic E-state index is 12.1. The second-order valence-electron chi connectivity index (χ2n) is 3.17. The van der Waals surface area contributed by atoms with Crippen LogP contribution in [0.25, 0.3) is 0 Å². The highest BCUT2D eigenvalue weighted by Crippen LogP contribution is 2.36. The van der Waals surface area contributed by atoms with Gasteiger partial charge in [-0.05, 0) is 24.7 Å². The Balaban J connectivity index is 2.56. The zero-order valence-electron chi connectivity index (χ0n) is 6.88. The maximum Gasteiger partial charge on any atom is 0.483 e. The van der Waals surface area contributed by atoms with Gasteiger partial charge in [-0.25, -0.2) is 0 Å². The summed E-state index contributed by atoms with van der Waals surface area (Å²) in [5.74, 6) is -1.32. The van der Waals surface area contributed by atoms with Crippen LogP contribution in [-0.4, -0.2) is 23.3 Å². The van der Waals surface area contributed by atoms with Gasteiger partial charge >= 0.3 is 13.3 Å². The summed E-state index contributed by atoms with van der Waals surface area (Å²) in [6, 6.07) is 0. The van der Waals surface area contributed by atoms with Gasteiger partial charge in [0, 0.05) is 0 Å². The molecule has 1 aliphatic carbocycles. The van der Waals surface area contributed by atoms with Gasteiger partial charge in [-0.2, -0.15) is 13.2 Å². The lowest BCUT2D eigenvalue weighted by atomic mass is 9.71. The van der Waals surface area contributed by atoms with Gasteiger partial charge in [0.15, 0.2) is 0 Å². The minimum atomic E-state index is -4.16. The molecule has 0 fully saturated rings. The van der Waals surface area contributed by atoms with Crippen molar-refractivity contribution >= 4 is 7.12 Å². The van der Waals surface area contributed by atoms with Crippen LogP contribution in [-0.2, 0) is 0 Å². The molecular weight excluding hydrogens is 184 g/mol. The van der Waals surface area contributed by atoms with Crippen LogP contribution in [0.1, 0.15) is 19.3 Å². The molecular formula is C7H10BF3O2. The molecule has 1 rings (SSSR count). The quantitative estimate of drug-likeness (QED) is 0.617. The molecule has 2 nitrogen and oxygen atoms in total. The van der Waals surface area contributed by atoms with E-state index in [4.69, 9.17) is 10.0 Å². The molecule has 0 radical (unpaired) electrons. The number of hydrogen-bond acceptors (Lipinski definition) is 2. The van der Waals surface area contributed by atoms with Gasteiger partial charge in [-0.3, -0.25) is 0 Å². The molecule has 0 amide bonds. The first kappa shape index (κ1) is 10.6. The summed E-state index contributed by atoms with van der Waals surface area (Å²) in [5, 5.41) is 17.3. The van der Waals surface area contributed by atoms with E-state index in [-0.39, 0.29) is 19.3 Å². The number of hydrogen-bond donors (Lipinski definition) is 2. The summed E-state index contributed by atoms with van der Waals surface area (Å²) in [4.78, 5) is 0. The maximum absolute atomic E-state index is 12.1. The fourth-order valence-electron chi connectivity index (χ4n) is 1.39. The fraction of sp³-hybridized carbons (Fsp3) is 0.714. The minimum Gasteiger partial charge on any atom is -0.423 e. The van der Waals surface area contributed by atoms with Crippen molar-refractivity contribution < 1.29 is 23.2 Å². The number of allylic oxidation sites excluding steroid dienone is 2. The summed E-state index contributed by atoms with van der Waals surface area (Å²) in [5.41, 5.74) is 0.292. The van der Waals surface area contributed by atoms with E-state index in [0.29, 0.717) is 5.47 Å². The summed E-state index contributed by atoms with van der Waals surface area (Å²) >= 11 is 0. The molecule has 74 valence electrons. The van der Waals surface area contributed by atoms with E-state index in [1.807, 2.05) is 0 Å². The van der Waals surface area contributed by atoms with Gasteiger partial charge in [0.1, 0.15) is 0 Å². The number of halogens is 3. The van der Waals surface area contributed by atoms with Gasteiger partial charge in [-0.15, -0.1) is 0 Å². The van der Waals surface area contributed by atoms with Crippen LogP contribution in [0.2, 0.25) is 0 Å². The van der Waals surface area contributed by atoms with Crippen LogP contribution in [0, 0.1) is 5.92 Å². The molecule has 1 atom stereocenters. The van der Waals surface area contributed by atoms with Crippen molar-refractivity contribution in [3.8, 4) is 0 Å². The molecule has 0 aromatic heterocycles. The summed E-state index contributed by atoms with van der Waals surface area (Å²) < 4.78 is 36.3. The highest BCUT2D eigenvalue weighted by Gasteiger charge is 2.40. The standard InChI is InChI=1S/C7H10BF3O2/c9-7(10,11)5-1-3-6(4-2-5)8(12)13/h3,5,12-13H,1-2,4H2/t5-/m0/s1. The molecule has 0 aliphatic heterocycles. The number of alkyl halides is 3. The zero-order valence-corrected chi connectivity index (χ0v) is 6.88. The third-order valence-electron chi connectivity index (χ3n) is 2.24. The van der Waals surface area contributed by atoms with Crippen molar-refractivity contribution in [2.24, 2.45) is 5.92 Å². The van der Waals surface area contributed by atoms with Gasteiger partial charge < -0.3 is 10.0 Å². The molecule has 2 N–H and O–H groups in total. The van der Waals surface area contributed by atoms with Crippen molar-refractivity contribution in [2.45, 2.75) is 25.4 Å². The Bertz CT molecular complexity index is 212. The normalized spacial score (nSPS) is 24.1. The van der Waals surface area contributed by atoms with Gasteiger partial charge in [-0.1, -0.05) is 6.08 Å². The third kappa shape index (κ3) is 2.74. The fourth-order valence-corrected chi connectivity index (χ4v) is 1.39. The van der Waals surface area contributed by atoms with Crippen molar-refractivity contribution in [2.75, 3.05) is 0 Å². The average Bonchev–Trinajstić information content (AvgIpc) is 2.03. The lowest BCUT2D eigenvalue weighted by Crippen LogP contribution is -2.27. The minimum absolute atomic E-state index is 0.0487. The molecule has 1 aliphatic rings. The Kier molecular flexibility index (Phi) is 3.03. The Labute approximate surface area is 74.2 Å². The Morgan fingerprint density at radius 2 is 2.00 bits per heavy atom. The van der Waals surface area contributed by atoms with Crippen LogP contribution < -0.4 is 0 Å². The highest BCUT2D eigenvalue weighted by atomic mass is 19.4. The lowest BCUT2D eigenvalue weighted by Gasteiger charge is -2.23. The smallest absolute Gasteiger partial charge is 0.423 e. The predicted octanol–water partition coefficient (Wildman–Crippen LogP) is 1.29. The van der Waals surface area contributed by atoms with E-state index in [2.05, 4.69) is 0 Å². The highest BCUT2D eigenvalue weighted by molar-refractivity contribution is 6.50. The second-order valence-corrected chi connectivity index (χ2v) is 3.17. The van der Waals surface area contributed by atoms with E-state index in [9.17, 15) is 13.2 Å². The molecule has 0 bridgehead atoms. The molecule has 6 heteroatoms. The van der Waals surface area contributed by atoms with Gasteiger partial charge in [0.2, 0.25) is 0 Å². The topological polar surface area (TPSA) is 40.5 Å². The van der Waals surface area contributed by atoms with Gasteiger partial charge in [0.25, 0.3) is 0 Å². The molecule has 13 heavy (non-hydrogen) atoms. The summed E-state index contributed by atoms with van der Waals surface area (Å²) in [6.45, 7) is 0. The lowest BCUT2D eigenvalue weighted by molar-refractivity contribution is -0.176. The molecule has 0 heterocycles. The van der Waals surface area contributed by atoms with Crippen LogP contribution in [0.15, 0.2) is 11.5 Å². The monoisotopic (exact) mass is 194 g/mol. The first-order chi connectivity index (χ1) is 5.91. The Hall–Kier alpha value is -0.485. The SMILES string of the molecule is OB(O)C1=CC[C@H](C(F)(F)F)CC1. The van der Waals surface area contributed by atoms with Crippen molar-refractivity contribution in [1.29, 1.82) is 0 Å². The zero-order chi connectivity index (χ0) is 10.1. The predicted molar refractivity (Wildman–Crippen MR) is 41.7 cm³/mol. The average molecular weight is 194 g/mol. The van der Waals surface area contributed by atoms with E-state index in [0.717, 1.165) is 0 Å². The molecule has 0 unspecified atom stereocenters. The van der Waals surface area contributed by atoms with Crippen molar-refractivity contribution in [1.82, 2.24) is 0 Å². The van der Waals surface area contributed by atoms with E-state index >= 15 is 0 Å². The van der Waals surface area contributed by atoms with E-state index < -0.39 is 19.2 Å². The van der Waals surface area contributed by atoms with Crippen LogP contribution in [0.4, 0.5) is 13.2 Å². The molecule has 0 spiro atoms. The Morgan fingerprint density at radius 3 is 2.31 bits per heavy atom. The third-order valence-corrected chi connectivity index (χ3v) is 2.24. The molecule has 0 aromatic rings. The number of rotatable bonds is 1. The molecule has 0 saturated heterocycles. The first-order valence-electron chi connectivity index (χ1n) is 4.03. The van der Waals surface area contributed by atoms with Crippen LogP contribution in [0.3, 0.4) is 0 Å². The molecule has 0 aromatic carbocycles. The van der Waals surface area contributed by atoms with Crippen molar-refractivity contribution in [3.63, 3.8) is 0 Å². The van der Waals surface area contributed by atoms with Crippen LogP contribution in [0.5, 0.6) is 0 Å². The van der Waals surface area contributed by atoms with E-state index in [1.54, 1.807) is 0 Å². The van der Waals surface area contributed by atoms with Gasteiger partial charge in [0.05, 0.1) is 5.92 Å².